The lowest BCUT2D eigenvalue weighted by Crippen LogP contribution is -2.04. The Morgan fingerprint density at radius 3 is 2.38 bits per heavy atom. The largest absolute Gasteiger partial charge is 0.269 e. The molecule has 1 aromatic carbocycles. The Balaban J connectivity index is 1.90. The van der Waals surface area contributed by atoms with E-state index in [1.165, 1.54) is 11.6 Å². The predicted octanol–water partition coefficient (Wildman–Crippen LogP) is 5.23. The van der Waals surface area contributed by atoms with Gasteiger partial charge in [0.1, 0.15) is 0 Å². The van der Waals surface area contributed by atoms with Crippen LogP contribution in [0.4, 0.5) is 8.78 Å². The van der Waals surface area contributed by atoms with Crippen molar-refractivity contribution in [3.8, 4) is 11.3 Å². The number of nitrogens with zero attached hydrogens (tertiary/aromatic N) is 5. The first-order valence-electron chi connectivity index (χ1n) is 9.63. The Morgan fingerprint density at radius 2 is 1.76 bits per heavy atom. The Labute approximate surface area is 168 Å². The molecule has 3 heterocycles. The zero-order valence-corrected chi connectivity index (χ0v) is 16.9. The quantitative estimate of drug-likeness (QED) is 0.465. The van der Waals surface area contributed by atoms with Crippen LogP contribution in [0.1, 0.15) is 41.4 Å². The van der Waals surface area contributed by atoms with E-state index < -0.39 is 6.43 Å². The molecular weight excluding hydrogens is 372 g/mol. The minimum Gasteiger partial charge on any atom is -0.269 e. The van der Waals surface area contributed by atoms with Gasteiger partial charge in [0.2, 0.25) is 0 Å². The average Bonchev–Trinajstić information content (AvgIpc) is 3.22. The highest BCUT2D eigenvalue weighted by molar-refractivity contribution is 5.85. The van der Waals surface area contributed by atoms with Gasteiger partial charge < -0.3 is 0 Å². The molecule has 150 valence electrons. The van der Waals surface area contributed by atoms with Gasteiger partial charge in [0.15, 0.2) is 5.65 Å². The smallest absolute Gasteiger partial charge is 0.264 e. The maximum atomic E-state index is 13.9. The number of fused-ring (bicyclic) bond motifs is 1. The summed E-state index contributed by atoms with van der Waals surface area (Å²) in [6.07, 6.45) is -0.924. The Bertz CT molecular complexity index is 1170. The summed E-state index contributed by atoms with van der Waals surface area (Å²) in [4.78, 5) is 4.75. The van der Waals surface area contributed by atoms with Gasteiger partial charge in [0.05, 0.1) is 29.5 Å². The molecule has 29 heavy (non-hydrogen) atoms. The number of benzene rings is 1. The first kappa shape index (κ1) is 19.2. The van der Waals surface area contributed by atoms with Crippen molar-refractivity contribution in [3.05, 3.63) is 64.6 Å². The van der Waals surface area contributed by atoms with Gasteiger partial charge in [-0.3, -0.25) is 4.68 Å². The van der Waals surface area contributed by atoms with Crippen molar-refractivity contribution < 1.29 is 8.78 Å². The van der Waals surface area contributed by atoms with Gasteiger partial charge in [0.25, 0.3) is 6.43 Å². The highest BCUT2D eigenvalue weighted by atomic mass is 19.3. The summed E-state index contributed by atoms with van der Waals surface area (Å²) in [7, 11) is 0. The lowest BCUT2D eigenvalue weighted by atomic mass is 10.1. The zero-order valence-electron chi connectivity index (χ0n) is 16.9. The van der Waals surface area contributed by atoms with Crippen LogP contribution in [0, 0.1) is 20.8 Å². The highest BCUT2D eigenvalue weighted by Gasteiger charge is 2.22. The summed E-state index contributed by atoms with van der Waals surface area (Å²) in [6, 6.07) is 9.57. The minimum atomic E-state index is -2.61. The van der Waals surface area contributed by atoms with Crippen molar-refractivity contribution in [2.75, 3.05) is 0 Å². The minimum absolute atomic E-state index is 0.0405. The second-order valence-electron chi connectivity index (χ2n) is 7.28. The second kappa shape index (κ2) is 7.39. The normalized spacial score (nSPS) is 11.7. The number of hydrogen-bond donors (Lipinski definition) is 0. The van der Waals surface area contributed by atoms with E-state index in [0.717, 1.165) is 16.8 Å². The molecule has 0 fully saturated rings. The van der Waals surface area contributed by atoms with Gasteiger partial charge in [-0.15, -0.1) is 0 Å². The van der Waals surface area contributed by atoms with Crippen molar-refractivity contribution >= 4 is 11.0 Å². The highest BCUT2D eigenvalue weighted by Crippen LogP contribution is 2.34. The third-order valence-corrected chi connectivity index (χ3v) is 5.27. The fraction of sp³-hybridized carbons (Fsp3) is 0.318. The summed E-state index contributed by atoms with van der Waals surface area (Å²) in [5.41, 5.74) is 5.36. The van der Waals surface area contributed by atoms with Crippen molar-refractivity contribution in [2.24, 2.45) is 0 Å². The van der Waals surface area contributed by atoms with Gasteiger partial charge >= 0.3 is 0 Å². The molecule has 0 aliphatic heterocycles. The third-order valence-electron chi connectivity index (χ3n) is 5.27. The summed E-state index contributed by atoms with van der Waals surface area (Å²) in [5.74, 6) is 0. The number of rotatable bonds is 5. The van der Waals surface area contributed by atoms with Crippen LogP contribution in [0.15, 0.2) is 36.5 Å². The van der Waals surface area contributed by atoms with Crippen LogP contribution in [0.3, 0.4) is 0 Å². The third kappa shape index (κ3) is 3.41. The first-order valence-corrected chi connectivity index (χ1v) is 9.63. The topological polar surface area (TPSA) is 48.5 Å². The maximum absolute atomic E-state index is 13.9. The van der Waals surface area contributed by atoms with E-state index in [-0.39, 0.29) is 5.56 Å². The van der Waals surface area contributed by atoms with E-state index in [1.54, 1.807) is 17.8 Å². The van der Waals surface area contributed by atoms with Crippen molar-refractivity contribution in [2.45, 2.75) is 47.2 Å². The number of alkyl halides is 2. The zero-order chi connectivity index (χ0) is 20.7. The monoisotopic (exact) mass is 395 g/mol. The summed E-state index contributed by atoms with van der Waals surface area (Å²) >= 11 is 0. The van der Waals surface area contributed by atoms with E-state index in [0.29, 0.717) is 35.5 Å². The fourth-order valence-corrected chi connectivity index (χ4v) is 3.69. The van der Waals surface area contributed by atoms with Crippen LogP contribution in [0.25, 0.3) is 22.3 Å². The molecule has 0 aliphatic rings. The summed E-state index contributed by atoms with van der Waals surface area (Å²) in [6.45, 7) is 8.87. The Morgan fingerprint density at radius 1 is 1.03 bits per heavy atom. The molecule has 0 atom stereocenters. The molecule has 4 aromatic rings. The molecule has 0 radical (unpaired) electrons. The molecule has 0 saturated carbocycles. The number of aromatic nitrogens is 5. The number of halogens is 2. The lowest BCUT2D eigenvalue weighted by Gasteiger charge is -2.09. The molecule has 5 nitrogen and oxygen atoms in total. The average molecular weight is 395 g/mol. The van der Waals surface area contributed by atoms with E-state index in [4.69, 9.17) is 4.98 Å². The summed E-state index contributed by atoms with van der Waals surface area (Å²) < 4.78 is 31.4. The summed E-state index contributed by atoms with van der Waals surface area (Å²) in [5, 5.41) is 9.29. The molecule has 3 aromatic heterocycles. The molecule has 0 spiro atoms. The van der Waals surface area contributed by atoms with Gasteiger partial charge in [-0.2, -0.15) is 10.2 Å². The van der Waals surface area contributed by atoms with Gasteiger partial charge in [-0.25, -0.2) is 18.4 Å². The van der Waals surface area contributed by atoms with E-state index >= 15 is 0 Å². The first-order chi connectivity index (χ1) is 13.9. The van der Waals surface area contributed by atoms with Gasteiger partial charge in [-0.05, 0) is 39.3 Å². The Kier molecular flexibility index (Phi) is 4.90. The SMILES string of the molecule is CCn1ncc(-c2cc(C(F)F)c3c(C)nn(Cc4ccc(C)cc4)c3n2)c1C. The van der Waals surface area contributed by atoms with E-state index in [1.807, 2.05) is 49.7 Å². The molecule has 0 bridgehead atoms. The lowest BCUT2D eigenvalue weighted by molar-refractivity contribution is 0.153. The van der Waals surface area contributed by atoms with Crippen LogP contribution in [-0.4, -0.2) is 24.5 Å². The number of aryl methyl sites for hydroxylation is 3. The van der Waals surface area contributed by atoms with Crippen LogP contribution < -0.4 is 0 Å². The van der Waals surface area contributed by atoms with Crippen molar-refractivity contribution in [1.82, 2.24) is 24.5 Å². The van der Waals surface area contributed by atoms with Crippen LogP contribution in [0.5, 0.6) is 0 Å². The number of pyridine rings is 1. The van der Waals surface area contributed by atoms with E-state index in [2.05, 4.69) is 10.2 Å². The van der Waals surface area contributed by atoms with Crippen LogP contribution in [-0.2, 0) is 13.1 Å². The molecule has 0 amide bonds. The second-order valence-corrected chi connectivity index (χ2v) is 7.28. The molecule has 0 saturated heterocycles. The Hall–Kier alpha value is -3.09. The van der Waals surface area contributed by atoms with E-state index in [9.17, 15) is 8.78 Å². The molecule has 4 rings (SSSR count). The fourth-order valence-electron chi connectivity index (χ4n) is 3.69. The van der Waals surface area contributed by atoms with Crippen molar-refractivity contribution in [1.29, 1.82) is 0 Å². The van der Waals surface area contributed by atoms with Gasteiger partial charge in [0, 0.05) is 23.4 Å². The molecule has 0 unspecified atom stereocenters. The predicted molar refractivity (Wildman–Crippen MR) is 109 cm³/mol. The molecule has 7 heteroatoms. The maximum Gasteiger partial charge on any atom is 0.264 e. The van der Waals surface area contributed by atoms with Crippen LogP contribution >= 0.6 is 0 Å². The molecular formula is C22H23F2N5. The number of hydrogen-bond acceptors (Lipinski definition) is 3. The van der Waals surface area contributed by atoms with Crippen LogP contribution in [0.2, 0.25) is 0 Å². The van der Waals surface area contributed by atoms with Gasteiger partial charge in [-0.1, -0.05) is 29.8 Å². The molecule has 0 N–H and O–H groups in total. The standard InChI is InChI=1S/C22H23F2N5/c1-5-28-15(4)18(11-25-28)19-10-17(21(23)24)20-14(3)27-29(22(20)26-19)12-16-8-6-13(2)7-9-16/h6-11,21H,5,12H2,1-4H3. The molecule has 0 aliphatic carbocycles. The van der Waals surface area contributed by atoms with Crippen molar-refractivity contribution in [3.63, 3.8) is 0 Å².